The monoisotopic (exact) mass is 341 g/mol. The van der Waals surface area contributed by atoms with Gasteiger partial charge in [-0.3, -0.25) is 4.79 Å². The molecule has 0 aliphatic carbocycles. The average Bonchev–Trinajstić information content (AvgIpc) is 3.27. The highest BCUT2D eigenvalue weighted by Gasteiger charge is 2.13. The van der Waals surface area contributed by atoms with E-state index in [-0.39, 0.29) is 12.5 Å². The van der Waals surface area contributed by atoms with Crippen LogP contribution in [0.2, 0.25) is 0 Å². The summed E-state index contributed by atoms with van der Waals surface area (Å²) in [6.45, 7) is 2.78. The fraction of sp³-hybridized carbons (Fsp3) is 0.294. The summed E-state index contributed by atoms with van der Waals surface area (Å²) in [6.07, 6.45) is 0.991. The van der Waals surface area contributed by atoms with Crippen molar-refractivity contribution in [3.63, 3.8) is 0 Å². The SMILES string of the molecule is CCc1ccc(-c2nnn(CC(=O)N(C)Cc3ccsc3)n2)cc1. The minimum atomic E-state index is -0.0496. The van der Waals surface area contributed by atoms with Crippen LogP contribution in [0.4, 0.5) is 0 Å². The van der Waals surface area contributed by atoms with Crippen LogP contribution in [-0.4, -0.2) is 38.1 Å². The van der Waals surface area contributed by atoms with E-state index >= 15 is 0 Å². The third kappa shape index (κ3) is 3.86. The normalized spacial score (nSPS) is 10.8. The van der Waals surface area contributed by atoms with Crippen molar-refractivity contribution in [2.75, 3.05) is 7.05 Å². The molecule has 0 atom stereocenters. The van der Waals surface area contributed by atoms with Crippen molar-refractivity contribution in [2.45, 2.75) is 26.4 Å². The van der Waals surface area contributed by atoms with Crippen LogP contribution in [0.15, 0.2) is 41.1 Å². The van der Waals surface area contributed by atoms with Gasteiger partial charge in [0.2, 0.25) is 11.7 Å². The number of aromatic nitrogens is 4. The van der Waals surface area contributed by atoms with Crippen molar-refractivity contribution >= 4 is 17.2 Å². The largest absolute Gasteiger partial charge is 0.340 e. The van der Waals surface area contributed by atoms with E-state index in [9.17, 15) is 4.79 Å². The highest BCUT2D eigenvalue weighted by atomic mass is 32.1. The predicted molar refractivity (Wildman–Crippen MR) is 93.4 cm³/mol. The van der Waals surface area contributed by atoms with Gasteiger partial charge in [-0.1, -0.05) is 31.2 Å². The lowest BCUT2D eigenvalue weighted by Gasteiger charge is -2.15. The Kier molecular flexibility index (Phi) is 5.00. The van der Waals surface area contributed by atoms with Crippen molar-refractivity contribution in [2.24, 2.45) is 0 Å². The molecule has 124 valence electrons. The number of aryl methyl sites for hydroxylation is 1. The second kappa shape index (κ2) is 7.35. The first-order chi connectivity index (χ1) is 11.7. The molecule has 6 nitrogen and oxygen atoms in total. The van der Waals surface area contributed by atoms with Gasteiger partial charge in [0.25, 0.3) is 0 Å². The summed E-state index contributed by atoms with van der Waals surface area (Å²) in [6, 6.07) is 10.1. The molecule has 2 aromatic heterocycles. The molecular weight excluding hydrogens is 322 g/mol. The van der Waals surface area contributed by atoms with Gasteiger partial charge >= 0.3 is 0 Å². The van der Waals surface area contributed by atoms with Crippen LogP contribution in [0.1, 0.15) is 18.1 Å². The minimum Gasteiger partial charge on any atom is -0.340 e. The average molecular weight is 341 g/mol. The summed E-state index contributed by atoms with van der Waals surface area (Å²) < 4.78 is 0. The first-order valence-corrected chi connectivity index (χ1v) is 8.72. The van der Waals surface area contributed by atoms with E-state index < -0.39 is 0 Å². The van der Waals surface area contributed by atoms with Crippen LogP contribution in [0, 0.1) is 0 Å². The fourth-order valence-electron chi connectivity index (χ4n) is 2.30. The Morgan fingerprint density at radius 1 is 1.21 bits per heavy atom. The van der Waals surface area contributed by atoms with E-state index in [1.54, 1.807) is 23.3 Å². The van der Waals surface area contributed by atoms with Gasteiger partial charge in [-0.15, -0.1) is 10.2 Å². The summed E-state index contributed by atoms with van der Waals surface area (Å²) in [7, 11) is 1.78. The highest BCUT2D eigenvalue weighted by Crippen LogP contribution is 2.15. The van der Waals surface area contributed by atoms with Gasteiger partial charge in [0.05, 0.1) is 0 Å². The van der Waals surface area contributed by atoms with Crippen molar-refractivity contribution in [1.29, 1.82) is 0 Å². The minimum absolute atomic E-state index is 0.0496. The number of nitrogens with zero attached hydrogens (tertiary/aromatic N) is 5. The molecule has 2 heterocycles. The summed E-state index contributed by atoms with van der Waals surface area (Å²) in [4.78, 5) is 15.3. The molecule has 3 rings (SSSR count). The third-order valence-corrected chi connectivity index (χ3v) is 4.51. The Bertz CT molecular complexity index is 795. The van der Waals surface area contributed by atoms with E-state index in [1.165, 1.54) is 10.4 Å². The number of tetrazole rings is 1. The van der Waals surface area contributed by atoms with Gasteiger partial charge in [0.15, 0.2) is 0 Å². The number of hydrogen-bond donors (Lipinski definition) is 0. The maximum Gasteiger partial charge on any atom is 0.246 e. The summed E-state index contributed by atoms with van der Waals surface area (Å²) in [5.74, 6) is 0.484. The number of likely N-dealkylation sites (N-methyl/N-ethyl adjacent to an activating group) is 1. The van der Waals surface area contributed by atoms with Crippen molar-refractivity contribution in [3.8, 4) is 11.4 Å². The third-order valence-electron chi connectivity index (χ3n) is 3.78. The molecule has 0 spiro atoms. The standard InChI is InChI=1S/C17H19N5OS/c1-3-13-4-6-15(7-5-13)17-18-20-22(19-17)11-16(23)21(2)10-14-8-9-24-12-14/h4-9,12H,3,10-11H2,1-2H3. The first-order valence-electron chi connectivity index (χ1n) is 7.78. The van der Waals surface area contributed by atoms with Crippen LogP contribution >= 0.6 is 11.3 Å². The zero-order valence-corrected chi connectivity index (χ0v) is 14.5. The molecule has 0 saturated heterocycles. The molecule has 0 bridgehead atoms. The van der Waals surface area contributed by atoms with E-state index in [1.807, 2.05) is 29.0 Å². The lowest BCUT2D eigenvalue weighted by molar-refractivity contribution is -0.131. The van der Waals surface area contributed by atoms with E-state index in [4.69, 9.17) is 0 Å². The number of hydrogen-bond acceptors (Lipinski definition) is 5. The number of thiophene rings is 1. The Morgan fingerprint density at radius 3 is 2.67 bits per heavy atom. The van der Waals surface area contributed by atoms with Gasteiger partial charge in [-0.05, 0) is 39.6 Å². The van der Waals surface area contributed by atoms with Crippen LogP contribution in [0.5, 0.6) is 0 Å². The van der Waals surface area contributed by atoms with Gasteiger partial charge in [-0.2, -0.15) is 16.1 Å². The molecule has 3 aromatic rings. The van der Waals surface area contributed by atoms with Crippen molar-refractivity contribution < 1.29 is 4.79 Å². The molecule has 0 unspecified atom stereocenters. The van der Waals surface area contributed by atoms with E-state index in [0.29, 0.717) is 12.4 Å². The lowest BCUT2D eigenvalue weighted by Crippen LogP contribution is -2.30. The lowest BCUT2D eigenvalue weighted by atomic mass is 10.1. The van der Waals surface area contributed by atoms with Crippen molar-refractivity contribution in [1.82, 2.24) is 25.1 Å². The molecule has 24 heavy (non-hydrogen) atoms. The molecule has 0 fully saturated rings. The molecule has 0 aliphatic rings. The smallest absolute Gasteiger partial charge is 0.246 e. The maximum absolute atomic E-state index is 12.3. The summed E-state index contributed by atoms with van der Waals surface area (Å²) in [5, 5.41) is 16.4. The topological polar surface area (TPSA) is 63.9 Å². The highest BCUT2D eigenvalue weighted by molar-refractivity contribution is 7.07. The Morgan fingerprint density at radius 2 is 2.00 bits per heavy atom. The quantitative estimate of drug-likeness (QED) is 0.691. The number of carbonyl (C=O) groups excluding carboxylic acids is 1. The summed E-state index contributed by atoms with van der Waals surface area (Å²) >= 11 is 1.62. The second-order valence-corrected chi connectivity index (χ2v) is 6.36. The van der Waals surface area contributed by atoms with Gasteiger partial charge in [0, 0.05) is 19.2 Å². The van der Waals surface area contributed by atoms with Crippen molar-refractivity contribution in [3.05, 3.63) is 52.2 Å². The van der Waals surface area contributed by atoms with Gasteiger partial charge in [0.1, 0.15) is 6.54 Å². The fourth-order valence-corrected chi connectivity index (χ4v) is 2.96. The van der Waals surface area contributed by atoms with Gasteiger partial charge < -0.3 is 4.90 Å². The van der Waals surface area contributed by atoms with Crippen LogP contribution in [-0.2, 0) is 24.3 Å². The van der Waals surface area contributed by atoms with Crippen LogP contribution in [0.25, 0.3) is 11.4 Å². The molecule has 1 amide bonds. The maximum atomic E-state index is 12.3. The summed E-state index contributed by atoms with van der Waals surface area (Å²) in [5.41, 5.74) is 3.29. The Hall–Kier alpha value is -2.54. The molecular formula is C17H19N5OS. The second-order valence-electron chi connectivity index (χ2n) is 5.58. The molecule has 0 saturated carbocycles. The molecule has 0 N–H and O–H groups in total. The van der Waals surface area contributed by atoms with Crippen LogP contribution < -0.4 is 0 Å². The molecule has 1 aromatic carbocycles. The number of amides is 1. The van der Waals surface area contributed by atoms with Gasteiger partial charge in [-0.25, -0.2) is 0 Å². The zero-order valence-electron chi connectivity index (χ0n) is 13.7. The Labute approximate surface area is 144 Å². The first kappa shape index (κ1) is 16.3. The zero-order chi connectivity index (χ0) is 16.9. The molecule has 0 aliphatic heterocycles. The molecule has 0 radical (unpaired) electrons. The number of rotatable bonds is 6. The molecule has 7 heteroatoms. The predicted octanol–water partition coefficient (Wildman–Crippen LogP) is 2.62. The number of carbonyl (C=O) groups is 1. The van der Waals surface area contributed by atoms with E-state index in [0.717, 1.165) is 17.5 Å². The Balaban J connectivity index is 1.63. The van der Waals surface area contributed by atoms with E-state index in [2.05, 4.69) is 34.5 Å². The van der Waals surface area contributed by atoms with Crippen LogP contribution in [0.3, 0.4) is 0 Å². The number of benzene rings is 1.